The Kier molecular flexibility index (Phi) is 8.07. The fraction of sp³-hybridized carbons (Fsp3) is 0.974. The number of carbonyl (C=O) groups is 1. The van der Waals surface area contributed by atoms with Crippen molar-refractivity contribution in [3.63, 3.8) is 0 Å². The summed E-state index contributed by atoms with van der Waals surface area (Å²) in [6, 6.07) is 0. The van der Waals surface area contributed by atoms with Crippen molar-refractivity contribution >= 4 is 5.97 Å². The Morgan fingerprint density at radius 1 is 0.915 bits per heavy atom. The fourth-order valence-corrected chi connectivity index (χ4v) is 14.3. The number of fused-ring (bicyclic) bond motifs is 6. The summed E-state index contributed by atoms with van der Waals surface area (Å²) in [5, 5.41) is 33.2. The molecule has 3 aliphatic heterocycles. The van der Waals surface area contributed by atoms with E-state index in [-0.39, 0.29) is 77.2 Å². The average molecular weight is 659 g/mol. The lowest BCUT2D eigenvalue weighted by molar-refractivity contribution is -0.348. The Hall–Kier alpha value is -0.770. The van der Waals surface area contributed by atoms with Crippen LogP contribution in [0.5, 0.6) is 0 Å². The van der Waals surface area contributed by atoms with Crippen LogP contribution in [0, 0.1) is 70.0 Å². The summed E-state index contributed by atoms with van der Waals surface area (Å²) in [6.07, 6.45) is 10.3. The van der Waals surface area contributed by atoms with E-state index in [2.05, 4.69) is 41.5 Å². The zero-order chi connectivity index (χ0) is 33.3. The van der Waals surface area contributed by atoms with Gasteiger partial charge < -0.3 is 34.3 Å². The van der Waals surface area contributed by atoms with E-state index in [1.807, 2.05) is 0 Å². The molecule has 0 aromatic heterocycles. The predicted octanol–water partition coefficient (Wildman–Crippen LogP) is 6.75. The Morgan fingerprint density at radius 3 is 2.45 bits per heavy atom. The third-order valence-corrected chi connectivity index (χ3v) is 16.8. The third-order valence-electron chi connectivity index (χ3n) is 16.8. The van der Waals surface area contributed by atoms with Gasteiger partial charge in [0.1, 0.15) is 5.60 Å². The van der Waals surface area contributed by atoms with Gasteiger partial charge in [-0.25, -0.2) is 0 Å². The number of hydrogen-bond donors (Lipinski definition) is 3. The second-order valence-corrected chi connectivity index (χ2v) is 18.7. The summed E-state index contributed by atoms with van der Waals surface area (Å²) in [5.74, 6) is 1.98. The average Bonchev–Trinajstić information content (AvgIpc) is 3.48. The van der Waals surface area contributed by atoms with Crippen molar-refractivity contribution in [1.82, 2.24) is 0 Å². The van der Waals surface area contributed by atoms with Gasteiger partial charge >= 0.3 is 5.97 Å². The van der Waals surface area contributed by atoms with Crippen molar-refractivity contribution in [3.05, 3.63) is 0 Å². The first-order valence-corrected chi connectivity index (χ1v) is 19.5. The molecule has 8 nitrogen and oxygen atoms in total. The molecule has 19 atom stereocenters. The van der Waals surface area contributed by atoms with E-state index in [4.69, 9.17) is 18.9 Å². The van der Waals surface area contributed by atoms with Crippen molar-refractivity contribution in [2.45, 2.75) is 167 Å². The first kappa shape index (κ1) is 33.4. The molecule has 47 heavy (non-hydrogen) atoms. The number of aliphatic carboxylic acids is 1. The molecule has 266 valence electrons. The van der Waals surface area contributed by atoms with Gasteiger partial charge in [-0.2, -0.15) is 0 Å². The molecule has 8 heteroatoms. The topological polar surface area (TPSA) is 115 Å². The maximum atomic E-state index is 11.9. The molecule has 5 aliphatic carbocycles. The quantitative estimate of drug-likeness (QED) is 0.269. The molecule has 1 spiro atoms. The van der Waals surface area contributed by atoms with Gasteiger partial charge in [0.05, 0.1) is 18.3 Å². The first-order chi connectivity index (χ1) is 22.2. The molecule has 0 aromatic rings. The summed E-state index contributed by atoms with van der Waals surface area (Å²) < 4.78 is 27.2. The minimum atomic E-state index is -0.745. The number of hydrogen-bond acceptors (Lipinski definition) is 7. The Labute approximate surface area is 282 Å². The molecule has 0 aromatic carbocycles. The van der Waals surface area contributed by atoms with Crippen LogP contribution in [-0.4, -0.2) is 63.6 Å². The summed E-state index contributed by atoms with van der Waals surface area (Å²) >= 11 is 0. The predicted molar refractivity (Wildman–Crippen MR) is 175 cm³/mol. The molecular formula is C39H62O8. The van der Waals surface area contributed by atoms with E-state index in [1.54, 1.807) is 0 Å². The highest BCUT2D eigenvalue weighted by atomic mass is 16.9. The largest absolute Gasteiger partial charge is 0.481 e. The number of ether oxygens (including phenoxy) is 4. The summed E-state index contributed by atoms with van der Waals surface area (Å²) in [7, 11) is 0. The highest BCUT2D eigenvalue weighted by molar-refractivity contribution is 5.66. The molecule has 8 fully saturated rings. The molecular weight excluding hydrogens is 596 g/mol. The van der Waals surface area contributed by atoms with Crippen molar-refractivity contribution < 1.29 is 39.1 Å². The van der Waals surface area contributed by atoms with E-state index in [0.29, 0.717) is 36.0 Å². The van der Waals surface area contributed by atoms with E-state index in [1.165, 1.54) is 6.42 Å². The number of aliphatic hydroxyl groups is 2. The smallest absolute Gasteiger partial charge is 0.303 e. The lowest BCUT2D eigenvalue weighted by Crippen LogP contribution is -2.66. The van der Waals surface area contributed by atoms with Gasteiger partial charge in [0.15, 0.2) is 18.4 Å². The molecule has 0 amide bonds. The molecule has 2 bridgehead atoms. The minimum absolute atomic E-state index is 0.0585. The molecule has 5 saturated carbocycles. The van der Waals surface area contributed by atoms with Gasteiger partial charge in [0.2, 0.25) is 0 Å². The molecule has 3 saturated heterocycles. The summed E-state index contributed by atoms with van der Waals surface area (Å²) in [4.78, 5) is 11.3. The van der Waals surface area contributed by atoms with Crippen LogP contribution in [0.25, 0.3) is 0 Å². The highest BCUT2D eigenvalue weighted by Gasteiger charge is 2.72. The SMILES string of the molecule is C[C@H]1C(O[C@@H]2CC[C@@]3(C)C(C2)C[C@@H](O)C2C3C[C@H](O)[C@@]3(C)C2CC[C@@H]3[C@H](C)CCC(=O)O)OC2O[C@@]3(C)CCC4[C@H](C)CCC1C24O3. The van der Waals surface area contributed by atoms with E-state index in [9.17, 15) is 20.1 Å². The number of carboxylic acids is 1. The molecule has 0 radical (unpaired) electrons. The van der Waals surface area contributed by atoms with Crippen LogP contribution < -0.4 is 0 Å². The Bertz CT molecular complexity index is 1230. The van der Waals surface area contributed by atoms with Crippen LogP contribution >= 0.6 is 0 Å². The van der Waals surface area contributed by atoms with Gasteiger partial charge in [-0.1, -0.05) is 34.6 Å². The molecule has 8 aliphatic rings. The van der Waals surface area contributed by atoms with Gasteiger partial charge in [-0.05, 0) is 136 Å². The fourth-order valence-electron chi connectivity index (χ4n) is 14.3. The van der Waals surface area contributed by atoms with Crippen molar-refractivity contribution in [2.75, 3.05) is 0 Å². The summed E-state index contributed by atoms with van der Waals surface area (Å²) in [5.41, 5.74) is -0.573. The van der Waals surface area contributed by atoms with Crippen LogP contribution in [-0.2, 0) is 23.7 Å². The molecule has 9 unspecified atom stereocenters. The summed E-state index contributed by atoms with van der Waals surface area (Å²) in [6.45, 7) is 13.7. The van der Waals surface area contributed by atoms with E-state index >= 15 is 0 Å². The van der Waals surface area contributed by atoms with Crippen molar-refractivity contribution in [3.8, 4) is 0 Å². The number of aliphatic hydroxyl groups excluding tert-OH is 2. The first-order valence-electron chi connectivity index (χ1n) is 19.5. The Morgan fingerprint density at radius 2 is 1.68 bits per heavy atom. The molecule has 3 N–H and O–H groups in total. The van der Waals surface area contributed by atoms with Gasteiger partial charge in [0.25, 0.3) is 0 Å². The zero-order valence-electron chi connectivity index (χ0n) is 29.7. The van der Waals surface area contributed by atoms with E-state index in [0.717, 1.165) is 64.2 Å². The maximum Gasteiger partial charge on any atom is 0.303 e. The van der Waals surface area contributed by atoms with Crippen LogP contribution in [0.3, 0.4) is 0 Å². The standard InChI is InChI=1S/C39H62O8/c1-20(8-12-32(42)43)25-10-11-28-33-29(19-31(41)38(25,28)6)36(4)15-13-24(17-23(36)18-30(33)40)44-34-22(3)27-9-7-21(2)26-14-16-37(5)46-35(45-34)39(26,27)47-37/h20-31,33-35,40-41H,7-19H2,1-6H3,(H,42,43)/t20-,21-,22-,23?,24-,25-,26?,27?,28?,29?,30-,31+,33?,34?,35?,36+,37-,38-,39?/m1/s1. The van der Waals surface area contributed by atoms with Crippen LogP contribution in [0.1, 0.15) is 125 Å². The zero-order valence-corrected chi connectivity index (χ0v) is 29.7. The molecule has 3 heterocycles. The lowest BCUT2D eigenvalue weighted by Gasteiger charge is -2.64. The monoisotopic (exact) mass is 658 g/mol. The van der Waals surface area contributed by atoms with Crippen molar-refractivity contribution in [1.29, 1.82) is 0 Å². The van der Waals surface area contributed by atoms with Gasteiger partial charge in [0, 0.05) is 24.7 Å². The van der Waals surface area contributed by atoms with Crippen LogP contribution in [0.4, 0.5) is 0 Å². The van der Waals surface area contributed by atoms with E-state index < -0.39 is 17.9 Å². The molecule has 8 rings (SSSR count). The highest BCUT2D eigenvalue weighted by Crippen LogP contribution is 2.69. The number of rotatable bonds is 6. The van der Waals surface area contributed by atoms with Gasteiger partial charge in [-0.15, -0.1) is 0 Å². The second kappa shape index (κ2) is 11.4. The second-order valence-electron chi connectivity index (χ2n) is 18.7. The van der Waals surface area contributed by atoms with Gasteiger partial charge in [-0.3, -0.25) is 4.79 Å². The van der Waals surface area contributed by atoms with Crippen LogP contribution in [0.15, 0.2) is 0 Å². The maximum absolute atomic E-state index is 11.9. The van der Waals surface area contributed by atoms with Crippen LogP contribution in [0.2, 0.25) is 0 Å². The lowest BCUT2D eigenvalue weighted by atomic mass is 9.43. The third kappa shape index (κ3) is 4.76. The normalized spacial score (nSPS) is 58.6. The number of carboxylic acid groups (broad SMARTS) is 1. The Balaban J connectivity index is 0.970. The van der Waals surface area contributed by atoms with Crippen molar-refractivity contribution in [2.24, 2.45) is 70.0 Å². The minimum Gasteiger partial charge on any atom is -0.481 e.